The number of carboxylic acid groups (broad SMARTS) is 1. The molecule has 0 aliphatic rings. The highest BCUT2D eigenvalue weighted by atomic mass is 35.5. The molecule has 0 bridgehead atoms. The van der Waals surface area contributed by atoms with Gasteiger partial charge >= 0.3 is 5.97 Å². The highest BCUT2D eigenvalue weighted by Crippen LogP contribution is 2.35. The molecule has 7 nitrogen and oxygen atoms in total. The number of anilines is 2. The summed E-state index contributed by atoms with van der Waals surface area (Å²) in [6.45, 7) is 0. The molecule has 0 atom stereocenters. The fraction of sp³-hybridized carbons (Fsp3) is 0.240. The SMILES string of the molecule is COc1cc([N+](=O)[O-])cc(C(=O)O)c1Nc1ccc(CCCCCc2ccc(Cl)c(Cl)c2)cc1. The lowest BCUT2D eigenvalue weighted by Crippen LogP contribution is -2.06. The van der Waals surface area contributed by atoms with Crippen LogP contribution in [0.25, 0.3) is 0 Å². The van der Waals surface area contributed by atoms with Crippen molar-refractivity contribution in [1.82, 2.24) is 0 Å². The lowest BCUT2D eigenvalue weighted by atomic mass is 10.0. The van der Waals surface area contributed by atoms with E-state index in [4.69, 9.17) is 27.9 Å². The number of hydrogen-bond acceptors (Lipinski definition) is 5. The predicted octanol–water partition coefficient (Wildman–Crippen LogP) is 7.31. The highest BCUT2D eigenvalue weighted by Gasteiger charge is 2.21. The smallest absolute Gasteiger partial charge is 0.338 e. The molecule has 3 aromatic carbocycles. The van der Waals surface area contributed by atoms with Gasteiger partial charge in [0.2, 0.25) is 0 Å². The first-order valence-electron chi connectivity index (χ1n) is 10.7. The number of hydrogen-bond donors (Lipinski definition) is 2. The molecule has 0 aromatic heterocycles. The van der Waals surface area contributed by atoms with E-state index in [-0.39, 0.29) is 22.7 Å². The van der Waals surface area contributed by atoms with Crippen LogP contribution in [0.2, 0.25) is 10.0 Å². The van der Waals surface area contributed by atoms with Gasteiger partial charge in [0.05, 0.1) is 39.4 Å². The molecule has 178 valence electrons. The summed E-state index contributed by atoms with van der Waals surface area (Å²) in [7, 11) is 1.33. The molecule has 0 radical (unpaired) electrons. The quantitative estimate of drug-likeness (QED) is 0.162. The number of nitro benzene ring substituents is 1. The highest BCUT2D eigenvalue weighted by molar-refractivity contribution is 6.42. The Hall–Kier alpha value is -3.29. The fourth-order valence-electron chi connectivity index (χ4n) is 3.59. The van der Waals surface area contributed by atoms with Crippen molar-refractivity contribution in [2.75, 3.05) is 12.4 Å². The standard InChI is InChI=1S/C25H24Cl2N2O5/c1-34-23-15-19(29(32)33)14-20(25(30)31)24(23)28-18-10-7-16(8-11-18)5-3-2-4-6-17-9-12-21(26)22(27)13-17/h7-15,28H,2-6H2,1H3,(H,30,31). The normalized spacial score (nSPS) is 10.7. The summed E-state index contributed by atoms with van der Waals surface area (Å²) in [6, 6.07) is 15.6. The molecular weight excluding hydrogens is 479 g/mol. The molecule has 2 N–H and O–H groups in total. The number of benzene rings is 3. The first kappa shape index (κ1) is 25.3. The molecule has 0 aliphatic carbocycles. The monoisotopic (exact) mass is 502 g/mol. The second-order valence-electron chi connectivity index (χ2n) is 7.76. The van der Waals surface area contributed by atoms with Gasteiger partial charge in [-0.2, -0.15) is 0 Å². The minimum atomic E-state index is -1.29. The number of ether oxygens (including phenoxy) is 1. The Kier molecular flexibility index (Phi) is 8.73. The lowest BCUT2D eigenvalue weighted by molar-refractivity contribution is -0.384. The molecule has 9 heteroatoms. The second kappa shape index (κ2) is 11.7. The molecule has 0 saturated carbocycles. The largest absolute Gasteiger partial charge is 0.494 e. The Balaban J connectivity index is 1.58. The number of rotatable bonds is 11. The minimum Gasteiger partial charge on any atom is -0.494 e. The Morgan fingerprint density at radius 2 is 1.62 bits per heavy atom. The van der Waals surface area contributed by atoms with Gasteiger partial charge in [0.1, 0.15) is 5.75 Å². The van der Waals surface area contributed by atoms with Gasteiger partial charge in [-0.05, 0) is 61.1 Å². The van der Waals surface area contributed by atoms with Crippen LogP contribution in [0, 0.1) is 10.1 Å². The Bertz CT molecular complexity index is 1180. The van der Waals surface area contributed by atoms with E-state index in [0.29, 0.717) is 15.7 Å². The molecule has 0 fully saturated rings. The van der Waals surface area contributed by atoms with Crippen LogP contribution in [0.4, 0.5) is 17.1 Å². The summed E-state index contributed by atoms with van der Waals surface area (Å²) in [6.07, 6.45) is 5.02. The van der Waals surface area contributed by atoms with Gasteiger partial charge < -0.3 is 15.2 Å². The summed E-state index contributed by atoms with van der Waals surface area (Å²) in [5.41, 5.74) is 2.56. The number of nitrogens with one attached hydrogen (secondary N) is 1. The zero-order chi connectivity index (χ0) is 24.7. The topological polar surface area (TPSA) is 102 Å². The van der Waals surface area contributed by atoms with Crippen LogP contribution in [0.1, 0.15) is 40.7 Å². The van der Waals surface area contributed by atoms with Crippen LogP contribution in [0.5, 0.6) is 5.75 Å². The molecule has 0 spiro atoms. The average molecular weight is 503 g/mol. The van der Waals surface area contributed by atoms with Crippen molar-refractivity contribution >= 4 is 46.2 Å². The molecule has 0 saturated heterocycles. The van der Waals surface area contributed by atoms with Crippen LogP contribution < -0.4 is 10.1 Å². The zero-order valence-corrected chi connectivity index (χ0v) is 20.0. The number of aryl methyl sites for hydroxylation is 2. The summed E-state index contributed by atoms with van der Waals surface area (Å²) in [4.78, 5) is 22.1. The average Bonchev–Trinajstić information content (AvgIpc) is 2.81. The van der Waals surface area contributed by atoms with E-state index in [0.717, 1.165) is 43.7 Å². The number of aromatic carboxylic acids is 1. The molecular formula is C25H24Cl2N2O5. The molecule has 3 rings (SSSR count). The van der Waals surface area contributed by atoms with E-state index in [1.807, 2.05) is 42.5 Å². The van der Waals surface area contributed by atoms with Crippen molar-refractivity contribution in [3.63, 3.8) is 0 Å². The van der Waals surface area contributed by atoms with Crippen molar-refractivity contribution in [2.24, 2.45) is 0 Å². The number of nitrogens with zero attached hydrogens (tertiary/aromatic N) is 1. The van der Waals surface area contributed by atoms with E-state index in [2.05, 4.69) is 5.32 Å². The van der Waals surface area contributed by atoms with Crippen molar-refractivity contribution in [2.45, 2.75) is 32.1 Å². The number of methoxy groups -OCH3 is 1. The summed E-state index contributed by atoms with van der Waals surface area (Å²) in [5, 5.41) is 24.8. The number of carboxylic acids is 1. The third-order valence-electron chi connectivity index (χ3n) is 5.39. The third kappa shape index (κ3) is 6.62. The van der Waals surface area contributed by atoms with E-state index in [1.54, 1.807) is 0 Å². The molecule has 0 aliphatic heterocycles. The summed E-state index contributed by atoms with van der Waals surface area (Å²) >= 11 is 12.0. The van der Waals surface area contributed by atoms with Gasteiger partial charge in [-0.3, -0.25) is 10.1 Å². The number of non-ortho nitro benzene ring substituents is 1. The number of nitro groups is 1. The molecule has 3 aromatic rings. The van der Waals surface area contributed by atoms with E-state index >= 15 is 0 Å². The van der Waals surface area contributed by atoms with E-state index < -0.39 is 10.9 Å². The van der Waals surface area contributed by atoms with Gasteiger partial charge in [-0.15, -0.1) is 0 Å². The fourth-order valence-corrected chi connectivity index (χ4v) is 3.91. The molecule has 34 heavy (non-hydrogen) atoms. The second-order valence-corrected chi connectivity index (χ2v) is 8.58. The van der Waals surface area contributed by atoms with Crippen molar-refractivity contribution in [3.8, 4) is 5.75 Å². The first-order valence-corrected chi connectivity index (χ1v) is 11.4. The third-order valence-corrected chi connectivity index (χ3v) is 6.13. The van der Waals surface area contributed by atoms with Gasteiger partial charge in [-0.25, -0.2) is 4.79 Å². The van der Waals surface area contributed by atoms with Crippen LogP contribution >= 0.6 is 23.2 Å². The van der Waals surface area contributed by atoms with Gasteiger partial charge in [0.25, 0.3) is 5.69 Å². The number of carbonyl (C=O) groups is 1. The Morgan fingerprint density at radius 1 is 0.971 bits per heavy atom. The predicted molar refractivity (Wildman–Crippen MR) is 134 cm³/mol. The molecule has 0 heterocycles. The van der Waals surface area contributed by atoms with Gasteiger partial charge in [0.15, 0.2) is 0 Å². The summed E-state index contributed by atoms with van der Waals surface area (Å²) in [5.74, 6) is -1.21. The molecule has 0 amide bonds. The maximum Gasteiger partial charge on any atom is 0.338 e. The maximum atomic E-state index is 11.7. The molecule has 0 unspecified atom stereocenters. The van der Waals surface area contributed by atoms with Crippen molar-refractivity contribution < 1.29 is 19.6 Å². The van der Waals surface area contributed by atoms with Crippen LogP contribution in [0.3, 0.4) is 0 Å². The number of halogens is 2. The lowest BCUT2D eigenvalue weighted by Gasteiger charge is -2.14. The van der Waals surface area contributed by atoms with Crippen molar-refractivity contribution in [1.29, 1.82) is 0 Å². The minimum absolute atomic E-state index is 0.0812. The van der Waals surface area contributed by atoms with E-state index in [9.17, 15) is 20.0 Å². The van der Waals surface area contributed by atoms with Gasteiger partial charge in [0, 0.05) is 11.8 Å². The number of unbranched alkanes of at least 4 members (excludes halogenated alkanes) is 2. The maximum absolute atomic E-state index is 11.7. The summed E-state index contributed by atoms with van der Waals surface area (Å²) < 4.78 is 5.20. The van der Waals surface area contributed by atoms with Gasteiger partial charge in [-0.1, -0.05) is 47.8 Å². The Morgan fingerprint density at radius 3 is 2.21 bits per heavy atom. The Labute approximate surface area is 207 Å². The van der Waals surface area contributed by atoms with Crippen molar-refractivity contribution in [3.05, 3.63) is 91.4 Å². The van der Waals surface area contributed by atoms with E-state index in [1.165, 1.54) is 18.7 Å². The van der Waals surface area contributed by atoms with Crippen LogP contribution in [-0.4, -0.2) is 23.1 Å². The van der Waals surface area contributed by atoms with Crippen LogP contribution in [-0.2, 0) is 12.8 Å². The zero-order valence-electron chi connectivity index (χ0n) is 18.5. The van der Waals surface area contributed by atoms with Crippen LogP contribution in [0.15, 0.2) is 54.6 Å². The first-order chi connectivity index (χ1) is 16.3.